The molecule has 0 aliphatic heterocycles. The fraction of sp³-hybridized carbons (Fsp3) is 0.412. The van der Waals surface area contributed by atoms with Crippen molar-refractivity contribution < 1.29 is 14.0 Å². The molecule has 116 valence electrons. The molecule has 0 unspecified atom stereocenters. The van der Waals surface area contributed by atoms with Crippen LogP contribution in [0.1, 0.15) is 54.2 Å². The molecule has 2 aromatic rings. The number of hydrogen-bond acceptors (Lipinski definition) is 2. The summed E-state index contributed by atoms with van der Waals surface area (Å²) in [5.41, 5.74) is 0.858. The molecule has 4 nitrogen and oxygen atoms in total. The number of carbonyl (C=O) groups excluding carboxylic acids is 2. The summed E-state index contributed by atoms with van der Waals surface area (Å²) >= 11 is 0. The van der Waals surface area contributed by atoms with E-state index in [9.17, 15) is 14.0 Å². The van der Waals surface area contributed by atoms with Gasteiger partial charge in [-0.15, -0.1) is 0 Å². The highest BCUT2D eigenvalue weighted by molar-refractivity contribution is 6.09. The van der Waals surface area contributed by atoms with Gasteiger partial charge in [0.15, 0.2) is 0 Å². The van der Waals surface area contributed by atoms with Crippen molar-refractivity contribution >= 4 is 22.7 Å². The highest BCUT2D eigenvalue weighted by Gasteiger charge is 2.21. The molecule has 1 saturated carbocycles. The Hall–Kier alpha value is -2.17. The molecule has 1 aromatic heterocycles. The lowest BCUT2D eigenvalue weighted by atomic mass is 9.95. The van der Waals surface area contributed by atoms with Gasteiger partial charge in [-0.1, -0.05) is 19.3 Å². The SMILES string of the molecule is CC(=O)n1cc(C(=O)NC2CCCCC2)c2ccc(F)cc21. The fourth-order valence-electron chi connectivity index (χ4n) is 3.15. The summed E-state index contributed by atoms with van der Waals surface area (Å²) in [5, 5.41) is 3.64. The van der Waals surface area contributed by atoms with Gasteiger partial charge in [-0.05, 0) is 31.0 Å². The van der Waals surface area contributed by atoms with Crippen LogP contribution in [0.15, 0.2) is 24.4 Å². The van der Waals surface area contributed by atoms with Gasteiger partial charge in [0.05, 0.1) is 11.1 Å². The van der Waals surface area contributed by atoms with Gasteiger partial charge in [-0.2, -0.15) is 0 Å². The van der Waals surface area contributed by atoms with E-state index in [1.54, 1.807) is 6.07 Å². The maximum absolute atomic E-state index is 13.4. The first-order chi connectivity index (χ1) is 10.6. The predicted octanol–water partition coefficient (Wildman–Crippen LogP) is 3.50. The molecule has 1 aliphatic rings. The van der Waals surface area contributed by atoms with Gasteiger partial charge in [0.1, 0.15) is 5.82 Å². The molecule has 1 N–H and O–H groups in total. The van der Waals surface area contributed by atoms with Crippen LogP contribution >= 0.6 is 0 Å². The molecule has 3 rings (SSSR count). The summed E-state index contributed by atoms with van der Waals surface area (Å²) in [7, 11) is 0. The first kappa shape index (κ1) is 14.8. The summed E-state index contributed by atoms with van der Waals surface area (Å²) in [6, 6.07) is 4.34. The van der Waals surface area contributed by atoms with Crippen LogP contribution in [0.4, 0.5) is 4.39 Å². The minimum atomic E-state index is -0.424. The molecule has 1 fully saturated rings. The lowest BCUT2D eigenvalue weighted by Crippen LogP contribution is -2.36. The molecule has 0 radical (unpaired) electrons. The van der Waals surface area contributed by atoms with Gasteiger partial charge in [0, 0.05) is 24.5 Å². The maximum Gasteiger partial charge on any atom is 0.253 e. The van der Waals surface area contributed by atoms with Gasteiger partial charge in [-0.25, -0.2) is 4.39 Å². The van der Waals surface area contributed by atoms with Crippen LogP contribution in [0.5, 0.6) is 0 Å². The summed E-state index contributed by atoms with van der Waals surface area (Å²) in [6.07, 6.45) is 6.97. The van der Waals surface area contributed by atoms with E-state index in [0.29, 0.717) is 16.5 Å². The van der Waals surface area contributed by atoms with Crippen LogP contribution in [0.3, 0.4) is 0 Å². The van der Waals surface area contributed by atoms with E-state index in [1.165, 1.54) is 36.2 Å². The molecule has 0 spiro atoms. The van der Waals surface area contributed by atoms with Gasteiger partial charge in [0.25, 0.3) is 5.91 Å². The van der Waals surface area contributed by atoms with Crippen molar-refractivity contribution in [2.45, 2.75) is 45.1 Å². The number of carbonyl (C=O) groups is 2. The number of hydrogen-bond donors (Lipinski definition) is 1. The fourth-order valence-corrected chi connectivity index (χ4v) is 3.15. The van der Waals surface area contributed by atoms with E-state index in [-0.39, 0.29) is 17.9 Å². The summed E-state index contributed by atoms with van der Waals surface area (Å²) < 4.78 is 14.8. The standard InChI is InChI=1S/C17H19FN2O2/c1-11(21)20-10-15(14-8-7-12(18)9-16(14)20)17(22)19-13-5-3-2-4-6-13/h7-10,13H,2-6H2,1H3,(H,19,22). The Labute approximate surface area is 128 Å². The maximum atomic E-state index is 13.4. The van der Waals surface area contributed by atoms with E-state index < -0.39 is 5.82 Å². The minimum absolute atomic E-state index is 0.191. The molecule has 1 heterocycles. The van der Waals surface area contributed by atoms with Crippen molar-refractivity contribution in [1.29, 1.82) is 0 Å². The molecule has 0 atom stereocenters. The predicted molar refractivity (Wildman–Crippen MR) is 82.5 cm³/mol. The average molecular weight is 302 g/mol. The summed E-state index contributed by atoms with van der Waals surface area (Å²) in [4.78, 5) is 24.2. The second-order valence-corrected chi connectivity index (χ2v) is 5.90. The Bertz CT molecular complexity index is 730. The lowest BCUT2D eigenvalue weighted by Gasteiger charge is -2.22. The zero-order valence-electron chi connectivity index (χ0n) is 12.6. The first-order valence-electron chi connectivity index (χ1n) is 7.68. The number of benzene rings is 1. The molecular weight excluding hydrogens is 283 g/mol. The molecule has 0 saturated heterocycles. The highest BCUT2D eigenvalue weighted by atomic mass is 19.1. The molecule has 5 heteroatoms. The van der Waals surface area contributed by atoms with Crippen molar-refractivity contribution in [2.75, 3.05) is 0 Å². The smallest absolute Gasteiger partial charge is 0.253 e. The van der Waals surface area contributed by atoms with Crippen molar-refractivity contribution in [3.05, 3.63) is 35.8 Å². The first-order valence-corrected chi connectivity index (χ1v) is 7.68. The Morgan fingerprint density at radius 3 is 2.64 bits per heavy atom. The average Bonchev–Trinajstić information content (AvgIpc) is 2.87. The monoisotopic (exact) mass is 302 g/mol. The van der Waals surface area contributed by atoms with Crippen LogP contribution in [0, 0.1) is 5.82 Å². The van der Waals surface area contributed by atoms with Gasteiger partial charge >= 0.3 is 0 Å². The van der Waals surface area contributed by atoms with E-state index >= 15 is 0 Å². The third kappa shape index (κ3) is 2.75. The number of fused-ring (bicyclic) bond motifs is 1. The second kappa shape index (κ2) is 5.91. The van der Waals surface area contributed by atoms with Gasteiger partial charge < -0.3 is 5.32 Å². The molecule has 1 amide bonds. The van der Waals surface area contributed by atoms with Crippen molar-refractivity contribution in [2.24, 2.45) is 0 Å². The number of rotatable bonds is 2. The quantitative estimate of drug-likeness (QED) is 0.923. The second-order valence-electron chi connectivity index (χ2n) is 5.90. The number of nitrogens with one attached hydrogen (secondary N) is 1. The molecule has 0 bridgehead atoms. The largest absolute Gasteiger partial charge is 0.349 e. The number of nitrogens with zero attached hydrogens (tertiary/aromatic N) is 1. The molecule has 1 aromatic carbocycles. The van der Waals surface area contributed by atoms with Gasteiger partial charge in [0.2, 0.25) is 5.91 Å². The molecule has 22 heavy (non-hydrogen) atoms. The van der Waals surface area contributed by atoms with Crippen LogP contribution in [-0.2, 0) is 0 Å². The Kier molecular flexibility index (Phi) is 3.96. The lowest BCUT2D eigenvalue weighted by molar-refractivity contribution is 0.0929. The van der Waals surface area contributed by atoms with E-state index in [1.807, 2.05) is 0 Å². The van der Waals surface area contributed by atoms with E-state index in [2.05, 4.69) is 5.32 Å². The van der Waals surface area contributed by atoms with Crippen LogP contribution in [-0.4, -0.2) is 22.4 Å². The minimum Gasteiger partial charge on any atom is -0.349 e. The normalized spacial score (nSPS) is 15.9. The number of aromatic nitrogens is 1. The van der Waals surface area contributed by atoms with E-state index in [0.717, 1.165) is 25.7 Å². The van der Waals surface area contributed by atoms with Crippen molar-refractivity contribution in [3.63, 3.8) is 0 Å². The van der Waals surface area contributed by atoms with Crippen LogP contribution in [0.25, 0.3) is 10.9 Å². The molecule has 1 aliphatic carbocycles. The van der Waals surface area contributed by atoms with Crippen LogP contribution < -0.4 is 5.32 Å². The van der Waals surface area contributed by atoms with Gasteiger partial charge in [-0.3, -0.25) is 14.2 Å². The molecular formula is C17H19FN2O2. The Morgan fingerprint density at radius 2 is 1.95 bits per heavy atom. The highest BCUT2D eigenvalue weighted by Crippen LogP contribution is 2.24. The third-order valence-corrected chi connectivity index (χ3v) is 4.29. The topological polar surface area (TPSA) is 51.1 Å². The summed E-state index contributed by atoms with van der Waals surface area (Å²) in [6.45, 7) is 1.40. The Balaban J connectivity index is 1.95. The zero-order chi connectivity index (χ0) is 15.7. The van der Waals surface area contributed by atoms with E-state index in [4.69, 9.17) is 0 Å². The third-order valence-electron chi connectivity index (χ3n) is 4.29. The van der Waals surface area contributed by atoms with Crippen molar-refractivity contribution in [3.8, 4) is 0 Å². The zero-order valence-corrected chi connectivity index (χ0v) is 12.6. The Morgan fingerprint density at radius 1 is 1.23 bits per heavy atom. The summed E-state index contributed by atoms with van der Waals surface area (Å²) in [5.74, 6) is -0.858. The number of amides is 1. The number of halogens is 1. The van der Waals surface area contributed by atoms with Crippen molar-refractivity contribution in [1.82, 2.24) is 9.88 Å². The van der Waals surface area contributed by atoms with Crippen LogP contribution in [0.2, 0.25) is 0 Å².